The van der Waals surface area contributed by atoms with Gasteiger partial charge in [0.25, 0.3) is 0 Å². The first-order valence-corrected chi connectivity index (χ1v) is 4.63. The van der Waals surface area contributed by atoms with E-state index in [0.717, 1.165) is 0 Å². The normalized spacial score (nSPS) is 11.1. The van der Waals surface area contributed by atoms with Crippen LogP contribution in [0.15, 0.2) is 6.07 Å². The number of benzene rings is 1. The molecule has 1 aromatic carbocycles. The highest BCUT2D eigenvalue weighted by Gasteiger charge is 2.18. The fourth-order valence-corrected chi connectivity index (χ4v) is 1.57. The topological polar surface area (TPSA) is 38.9 Å². The first-order chi connectivity index (χ1) is 7.43. The minimum absolute atomic E-state index is 0.0263. The van der Waals surface area contributed by atoms with Crippen LogP contribution in [0.25, 0.3) is 10.9 Å². The van der Waals surface area contributed by atoms with Crippen LogP contribution in [-0.4, -0.2) is 4.98 Å². The van der Waals surface area contributed by atoms with E-state index in [1.807, 2.05) is 0 Å². The second-order valence-corrected chi connectivity index (χ2v) is 3.61. The van der Waals surface area contributed by atoms with Crippen LogP contribution in [-0.2, 0) is 0 Å². The van der Waals surface area contributed by atoms with Crippen LogP contribution >= 0.6 is 0 Å². The van der Waals surface area contributed by atoms with E-state index >= 15 is 0 Å². The molecule has 0 saturated carbocycles. The number of nitrogens with zero attached hydrogens (tertiary/aromatic N) is 1. The summed E-state index contributed by atoms with van der Waals surface area (Å²) in [5.74, 6) is -3.34. The molecule has 0 aliphatic heterocycles. The standard InChI is InChI=1S/C11H9F3N2/c1-4-5(2)16-11-7(13)3-6(12)9(14)8(11)10(4)15/h3H,1-2H3,(H2,15,16). The number of fused-ring (bicyclic) bond motifs is 1. The minimum Gasteiger partial charge on any atom is -0.398 e. The maximum atomic E-state index is 13.5. The zero-order valence-electron chi connectivity index (χ0n) is 8.74. The van der Waals surface area contributed by atoms with Gasteiger partial charge >= 0.3 is 0 Å². The molecule has 0 radical (unpaired) electrons. The molecule has 0 saturated heterocycles. The second-order valence-electron chi connectivity index (χ2n) is 3.61. The molecule has 2 nitrogen and oxygen atoms in total. The van der Waals surface area contributed by atoms with Crippen LogP contribution in [0.3, 0.4) is 0 Å². The summed E-state index contributed by atoms with van der Waals surface area (Å²) in [5.41, 5.74) is 6.45. The summed E-state index contributed by atoms with van der Waals surface area (Å²) in [6, 6.07) is 0.471. The molecule has 0 amide bonds. The van der Waals surface area contributed by atoms with Gasteiger partial charge in [-0.15, -0.1) is 0 Å². The smallest absolute Gasteiger partial charge is 0.170 e. The lowest BCUT2D eigenvalue weighted by molar-refractivity contribution is 0.505. The van der Waals surface area contributed by atoms with E-state index in [2.05, 4.69) is 4.98 Å². The third kappa shape index (κ3) is 1.31. The first-order valence-electron chi connectivity index (χ1n) is 4.63. The number of pyridine rings is 1. The van der Waals surface area contributed by atoms with Crippen LogP contribution in [0.5, 0.6) is 0 Å². The van der Waals surface area contributed by atoms with Gasteiger partial charge in [-0.25, -0.2) is 18.2 Å². The highest BCUT2D eigenvalue weighted by Crippen LogP contribution is 2.30. The van der Waals surface area contributed by atoms with Crippen LogP contribution < -0.4 is 5.73 Å². The fourth-order valence-electron chi connectivity index (χ4n) is 1.57. The number of rotatable bonds is 0. The Hall–Kier alpha value is -1.78. The van der Waals surface area contributed by atoms with E-state index in [4.69, 9.17) is 5.73 Å². The van der Waals surface area contributed by atoms with Gasteiger partial charge < -0.3 is 5.73 Å². The Balaban J connectivity index is 3.07. The molecule has 0 bridgehead atoms. The lowest BCUT2D eigenvalue weighted by Gasteiger charge is -2.10. The second kappa shape index (κ2) is 3.37. The third-order valence-corrected chi connectivity index (χ3v) is 2.64. The molecule has 0 fully saturated rings. The van der Waals surface area contributed by atoms with Gasteiger partial charge in [0.05, 0.1) is 5.39 Å². The highest BCUT2D eigenvalue weighted by atomic mass is 19.2. The van der Waals surface area contributed by atoms with Crippen molar-refractivity contribution in [3.05, 3.63) is 34.8 Å². The summed E-state index contributed by atoms with van der Waals surface area (Å²) in [7, 11) is 0. The molecule has 0 unspecified atom stereocenters. The maximum absolute atomic E-state index is 13.5. The monoisotopic (exact) mass is 226 g/mol. The molecule has 2 N–H and O–H groups in total. The fraction of sp³-hybridized carbons (Fsp3) is 0.182. The van der Waals surface area contributed by atoms with Crippen molar-refractivity contribution in [2.45, 2.75) is 13.8 Å². The summed E-state index contributed by atoms with van der Waals surface area (Å²) in [6.45, 7) is 3.26. The number of halogens is 3. The molecule has 0 atom stereocenters. The number of nitrogens with two attached hydrogens (primary N) is 1. The molecule has 0 aliphatic rings. The van der Waals surface area contributed by atoms with E-state index in [1.165, 1.54) is 0 Å². The predicted molar refractivity (Wildman–Crippen MR) is 55.5 cm³/mol. The number of aromatic nitrogens is 1. The Morgan fingerprint density at radius 3 is 2.38 bits per heavy atom. The Morgan fingerprint density at radius 1 is 1.12 bits per heavy atom. The number of aryl methyl sites for hydroxylation is 1. The van der Waals surface area contributed by atoms with Gasteiger partial charge in [0, 0.05) is 17.4 Å². The zero-order chi connectivity index (χ0) is 12.0. The molecule has 1 aromatic heterocycles. The average molecular weight is 226 g/mol. The molecule has 5 heteroatoms. The van der Waals surface area contributed by atoms with Crippen molar-refractivity contribution >= 4 is 16.6 Å². The molecule has 0 aliphatic carbocycles. The van der Waals surface area contributed by atoms with Gasteiger partial charge in [0.2, 0.25) is 0 Å². The van der Waals surface area contributed by atoms with Gasteiger partial charge in [-0.2, -0.15) is 0 Å². The Bertz CT molecular complexity index is 594. The van der Waals surface area contributed by atoms with Crippen molar-refractivity contribution in [2.24, 2.45) is 0 Å². The molecule has 2 rings (SSSR count). The van der Waals surface area contributed by atoms with Crippen molar-refractivity contribution in [2.75, 3.05) is 5.73 Å². The van der Waals surface area contributed by atoms with Gasteiger partial charge in [-0.3, -0.25) is 0 Å². The summed E-state index contributed by atoms with van der Waals surface area (Å²) >= 11 is 0. The lowest BCUT2D eigenvalue weighted by atomic mass is 10.1. The van der Waals surface area contributed by atoms with Crippen LogP contribution in [0.4, 0.5) is 18.9 Å². The van der Waals surface area contributed by atoms with E-state index in [0.29, 0.717) is 17.3 Å². The number of hydrogen-bond donors (Lipinski definition) is 1. The van der Waals surface area contributed by atoms with Crippen molar-refractivity contribution in [1.29, 1.82) is 0 Å². The van der Waals surface area contributed by atoms with Crippen LogP contribution in [0, 0.1) is 31.3 Å². The first kappa shape index (κ1) is 10.7. The summed E-state index contributed by atoms with van der Waals surface area (Å²) in [4.78, 5) is 3.88. The van der Waals surface area contributed by atoms with Crippen LogP contribution in [0.1, 0.15) is 11.3 Å². The third-order valence-electron chi connectivity index (χ3n) is 2.64. The molecule has 2 aromatic rings. The van der Waals surface area contributed by atoms with Gasteiger partial charge in [0.1, 0.15) is 5.52 Å². The molecular weight excluding hydrogens is 217 g/mol. The zero-order valence-corrected chi connectivity index (χ0v) is 8.74. The number of hydrogen-bond acceptors (Lipinski definition) is 2. The predicted octanol–water partition coefficient (Wildman–Crippen LogP) is 2.85. The van der Waals surface area contributed by atoms with Gasteiger partial charge in [-0.1, -0.05) is 0 Å². The Morgan fingerprint density at radius 2 is 1.75 bits per heavy atom. The summed E-state index contributed by atoms with van der Waals surface area (Å²) < 4.78 is 39.9. The molecule has 16 heavy (non-hydrogen) atoms. The van der Waals surface area contributed by atoms with Gasteiger partial charge in [0.15, 0.2) is 17.5 Å². The van der Waals surface area contributed by atoms with E-state index in [-0.39, 0.29) is 16.6 Å². The van der Waals surface area contributed by atoms with Crippen molar-refractivity contribution < 1.29 is 13.2 Å². The SMILES string of the molecule is Cc1nc2c(F)cc(F)c(F)c2c(N)c1C. The average Bonchev–Trinajstić information content (AvgIpc) is 2.22. The molecule has 1 heterocycles. The number of nitrogen functional groups attached to an aromatic ring is 1. The van der Waals surface area contributed by atoms with Crippen LogP contribution in [0.2, 0.25) is 0 Å². The Kier molecular flexibility index (Phi) is 2.26. The van der Waals surface area contributed by atoms with Crippen molar-refractivity contribution in [1.82, 2.24) is 4.98 Å². The van der Waals surface area contributed by atoms with Crippen molar-refractivity contribution in [3.63, 3.8) is 0 Å². The molecule has 84 valence electrons. The van der Waals surface area contributed by atoms with Crippen molar-refractivity contribution in [3.8, 4) is 0 Å². The van der Waals surface area contributed by atoms with E-state index < -0.39 is 17.5 Å². The van der Waals surface area contributed by atoms with E-state index in [9.17, 15) is 13.2 Å². The van der Waals surface area contributed by atoms with E-state index in [1.54, 1.807) is 13.8 Å². The number of anilines is 1. The molecular formula is C11H9F3N2. The lowest BCUT2D eigenvalue weighted by Crippen LogP contribution is -2.02. The summed E-state index contributed by atoms with van der Waals surface area (Å²) in [6.07, 6.45) is 0. The van der Waals surface area contributed by atoms with Gasteiger partial charge in [-0.05, 0) is 19.4 Å². The highest BCUT2D eigenvalue weighted by molar-refractivity contribution is 5.93. The quantitative estimate of drug-likeness (QED) is 0.701. The Labute approximate surface area is 89.9 Å². The maximum Gasteiger partial charge on any atom is 0.170 e. The molecule has 0 spiro atoms. The minimum atomic E-state index is -1.26. The summed E-state index contributed by atoms with van der Waals surface area (Å²) in [5, 5.41) is -0.291. The largest absolute Gasteiger partial charge is 0.398 e.